The molecule has 1 aliphatic rings. The van der Waals surface area contributed by atoms with Crippen molar-refractivity contribution in [1.29, 1.82) is 0 Å². The highest BCUT2D eigenvalue weighted by Crippen LogP contribution is 2.23. The van der Waals surface area contributed by atoms with E-state index in [1.807, 2.05) is 6.08 Å². The van der Waals surface area contributed by atoms with Gasteiger partial charge in [-0.15, -0.1) is 0 Å². The molecule has 0 saturated carbocycles. The number of ether oxygens (including phenoxy) is 3. The lowest BCUT2D eigenvalue weighted by Gasteiger charge is -2.40. The van der Waals surface area contributed by atoms with Crippen LogP contribution in [0.2, 0.25) is 0 Å². The highest BCUT2D eigenvalue weighted by atomic mass is 16.7. The summed E-state index contributed by atoms with van der Waals surface area (Å²) in [6.07, 6.45) is 55.8. The summed E-state index contributed by atoms with van der Waals surface area (Å²) in [5.41, 5.74) is 0. The van der Waals surface area contributed by atoms with Gasteiger partial charge in [0, 0.05) is 12.8 Å². The zero-order valence-corrected chi connectivity index (χ0v) is 48.8. The van der Waals surface area contributed by atoms with Crippen LogP contribution in [0.3, 0.4) is 0 Å². The number of hydrogen-bond acceptors (Lipinski definition) is 10. The molecule has 0 radical (unpaired) electrons. The number of esters is 1. The average Bonchev–Trinajstić information content (AvgIpc) is 3.41. The van der Waals surface area contributed by atoms with E-state index in [1.165, 1.54) is 225 Å². The van der Waals surface area contributed by atoms with E-state index in [-0.39, 0.29) is 18.5 Å². The first-order valence-corrected chi connectivity index (χ1v) is 32.1. The van der Waals surface area contributed by atoms with Crippen molar-refractivity contribution in [3.63, 3.8) is 0 Å². The van der Waals surface area contributed by atoms with Crippen LogP contribution in [0.5, 0.6) is 0 Å². The Kier molecular flexibility index (Phi) is 51.3. The number of allylic oxidation sites excluding steroid dienone is 3. The molecule has 1 heterocycles. The summed E-state index contributed by atoms with van der Waals surface area (Å²) in [4.78, 5) is 25.0. The molecule has 1 aliphatic heterocycles. The van der Waals surface area contributed by atoms with E-state index < -0.39 is 49.5 Å². The second-order valence-corrected chi connectivity index (χ2v) is 22.5. The maximum atomic E-state index is 13.0. The minimum Gasteiger partial charge on any atom is -0.466 e. The zero-order chi connectivity index (χ0) is 54.5. The Balaban J connectivity index is 1.99. The fourth-order valence-corrected chi connectivity index (χ4v) is 10.2. The molecule has 11 nitrogen and oxygen atoms in total. The van der Waals surface area contributed by atoms with Gasteiger partial charge < -0.3 is 45.1 Å². The van der Waals surface area contributed by atoms with Crippen molar-refractivity contribution in [3.05, 3.63) is 24.3 Å². The predicted molar refractivity (Wildman–Crippen MR) is 311 cm³/mol. The van der Waals surface area contributed by atoms with Crippen LogP contribution in [0, 0.1) is 0 Å². The molecule has 0 aromatic rings. The summed E-state index contributed by atoms with van der Waals surface area (Å²) in [6.45, 7) is 4.32. The number of aliphatic hydroxyl groups is 5. The quantitative estimate of drug-likeness (QED) is 0.0195. The molecule has 1 rings (SSSR count). The van der Waals surface area contributed by atoms with Gasteiger partial charge in [0.25, 0.3) is 0 Å². The maximum absolute atomic E-state index is 13.0. The Morgan fingerprint density at radius 2 is 0.867 bits per heavy atom. The number of rotatable bonds is 56. The van der Waals surface area contributed by atoms with Crippen molar-refractivity contribution in [2.45, 2.75) is 352 Å². The van der Waals surface area contributed by atoms with E-state index in [9.17, 15) is 35.1 Å². The van der Waals surface area contributed by atoms with Gasteiger partial charge in [0.15, 0.2) is 6.29 Å². The second-order valence-electron chi connectivity index (χ2n) is 22.5. The van der Waals surface area contributed by atoms with Crippen molar-refractivity contribution < 1.29 is 49.3 Å². The van der Waals surface area contributed by atoms with Crippen LogP contribution in [0.4, 0.5) is 0 Å². The van der Waals surface area contributed by atoms with Crippen molar-refractivity contribution in [2.75, 3.05) is 19.8 Å². The van der Waals surface area contributed by atoms with Crippen molar-refractivity contribution in [1.82, 2.24) is 5.32 Å². The Bertz CT molecular complexity index is 1300. The standard InChI is InChI=1S/C64H121NO10/c1-3-5-7-9-11-13-30-34-38-42-46-50-57(67)56(55-74-64-63(72)62(71)61(70)58(54-66)75-64)65-59(68)51-47-43-39-35-32-28-26-24-22-20-18-16-15-17-19-21-23-25-27-29-33-37-41-45-49-53-73-60(69)52-48-44-40-36-31-14-12-10-8-6-4-2/h30,34,46,50,56-58,61-64,66-67,70-72H,3-29,31-33,35-45,47-49,51-55H2,1-2H3,(H,65,68)/b34-30+,50-46+. The average molecular weight is 1060 g/mol. The fourth-order valence-electron chi connectivity index (χ4n) is 10.2. The first kappa shape index (κ1) is 71.2. The molecule has 0 aromatic carbocycles. The molecule has 75 heavy (non-hydrogen) atoms. The highest BCUT2D eigenvalue weighted by molar-refractivity contribution is 5.76. The van der Waals surface area contributed by atoms with E-state index in [1.54, 1.807) is 6.08 Å². The van der Waals surface area contributed by atoms with Gasteiger partial charge in [-0.25, -0.2) is 0 Å². The van der Waals surface area contributed by atoms with E-state index in [4.69, 9.17) is 14.2 Å². The minimum atomic E-state index is -1.57. The SMILES string of the molecule is CCCCCCC/C=C/CC/C=C/C(O)C(COC1OC(CO)C(O)C(O)C1O)NC(=O)CCCCCCCCCCCCCCCCCCCCCCCCCCCOC(=O)CCCCCCCCCCCCC. The van der Waals surface area contributed by atoms with Crippen molar-refractivity contribution in [2.24, 2.45) is 0 Å². The number of hydrogen-bond donors (Lipinski definition) is 6. The molecule has 442 valence electrons. The molecule has 1 fully saturated rings. The lowest BCUT2D eigenvalue weighted by molar-refractivity contribution is -0.302. The third kappa shape index (κ3) is 43.7. The van der Waals surface area contributed by atoms with Crippen LogP contribution in [0.25, 0.3) is 0 Å². The van der Waals surface area contributed by atoms with E-state index in [0.29, 0.717) is 19.4 Å². The van der Waals surface area contributed by atoms with Gasteiger partial charge in [0.05, 0.1) is 32.0 Å². The van der Waals surface area contributed by atoms with Crippen LogP contribution in [-0.2, 0) is 23.8 Å². The first-order chi connectivity index (χ1) is 36.7. The van der Waals surface area contributed by atoms with E-state index in [2.05, 4.69) is 31.3 Å². The molecule has 6 N–H and O–H groups in total. The van der Waals surface area contributed by atoms with Gasteiger partial charge in [-0.05, 0) is 44.9 Å². The fraction of sp³-hybridized carbons (Fsp3) is 0.906. The van der Waals surface area contributed by atoms with Gasteiger partial charge in [-0.1, -0.05) is 276 Å². The van der Waals surface area contributed by atoms with Crippen LogP contribution in [0.1, 0.15) is 309 Å². The third-order valence-corrected chi connectivity index (χ3v) is 15.3. The molecule has 1 saturated heterocycles. The van der Waals surface area contributed by atoms with Gasteiger partial charge in [-0.3, -0.25) is 9.59 Å². The lowest BCUT2D eigenvalue weighted by atomic mass is 9.99. The van der Waals surface area contributed by atoms with E-state index in [0.717, 1.165) is 57.8 Å². The van der Waals surface area contributed by atoms with Gasteiger partial charge in [0.1, 0.15) is 24.4 Å². The van der Waals surface area contributed by atoms with Crippen LogP contribution in [0.15, 0.2) is 24.3 Å². The smallest absolute Gasteiger partial charge is 0.305 e. The van der Waals surface area contributed by atoms with Gasteiger partial charge in [-0.2, -0.15) is 0 Å². The zero-order valence-electron chi connectivity index (χ0n) is 48.8. The summed E-state index contributed by atoms with van der Waals surface area (Å²) in [5.74, 6) is -0.185. The Morgan fingerprint density at radius 1 is 0.480 bits per heavy atom. The summed E-state index contributed by atoms with van der Waals surface area (Å²) in [5, 5.41) is 54.3. The molecule has 0 aromatic heterocycles. The minimum absolute atomic E-state index is 0.00538. The number of nitrogens with one attached hydrogen (secondary N) is 1. The molecule has 7 unspecified atom stereocenters. The molecule has 0 spiro atoms. The monoisotopic (exact) mass is 1060 g/mol. The first-order valence-electron chi connectivity index (χ1n) is 32.1. The summed E-state index contributed by atoms with van der Waals surface area (Å²) in [7, 11) is 0. The number of aliphatic hydroxyl groups excluding tert-OH is 5. The molecule has 1 amide bonds. The van der Waals surface area contributed by atoms with Crippen molar-refractivity contribution >= 4 is 11.9 Å². The summed E-state index contributed by atoms with van der Waals surface area (Å²) >= 11 is 0. The van der Waals surface area contributed by atoms with Crippen LogP contribution < -0.4 is 5.32 Å². The van der Waals surface area contributed by atoms with Crippen molar-refractivity contribution in [3.8, 4) is 0 Å². The second kappa shape index (κ2) is 54.1. The van der Waals surface area contributed by atoms with Crippen LogP contribution >= 0.6 is 0 Å². The third-order valence-electron chi connectivity index (χ3n) is 15.3. The number of carbonyl (C=O) groups excluding carboxylic acids is 2. The molecular formula is C64H121NO10. The Hall–Kier alpha value is -1.86. The highest BCUT2D eigenvalue weighted by Gasteiger charge is 2.44. The predicted octanol–water partition coefficient (Wildman–Crippen LogP) is 15.3. The van der Waals surface area contributed by atoms with Gasteiger partial charge in [0.2, 0.25) is 5.91 Å². The van der Waals surface area contributed by atoms with Gasteiger partial charge >= 0.3 is 5.97 Å². The molecule has 11 heteroatoms. The molecule has 0 aliphatic carbocycles. The summed E-state index contributed by atoms with van der Waals surface area (Å²) in [6, 6.07) is -0.825. The van der Waals surface area contributed by atoms with E-state index >= 15 is 0 Å². The Labute approximate surface area is 461 Å². The van der Waals surface area contributed by atoms with Crippen LogP contribution in [-0.4, -0.2) is 100 Å². The summed E-state index contributed by atoms with van der Waals surface area (Å²) < 4.78 is 16.7. The number of unbranched alkanes of at least 4 members (excludes halogenated alkanes) is 40. The molecular weight excluding hydrogens is 943 g/mol. The molecule has 0 bridgehead atoms. The Morgan fingerprint density at radius 3 is 1.32 bits per heavy atom. The number of carbonyl (C=O) groups is 2. The normalized spacial score (nSPS) is 18.8. The largest absolute Gasteiger partial charge is 0.466 e. The molecule has 7 atom stereocenters. The number of amides is 1. The topological polar surface area (TPSA) is 175 Å². The maximum Gasteiger partial charge on any atom is 0.305 e. The lowest BCUT2D eigenvalue weighted by Crippen LogP contribution is -2.60.